The van der Waals surface area contributed by atoms with Gasteiger partial charge in [0.15, 0.2) is 0 Å². The molecule has 0 aliphatic carbocycles. The Balaban J connectivity index is 1.97. The van der Waals surface area contributed by atoms with Crippen molar-refractivity contribution < 1.29 is 14.3 Å². The van der Waals surface area contributed by atoms with Crippen LogP contribution in [0.25, 0.3) is 10.9 Å². The summed E-state index contributed by atoms with van der Waals surface area (Å²) in [5.74, 6) is -0.950. The highest BCUT2D eigenvalue weighted by Crippen LogP contribution is 2.32. The van der Waals surface area contributed by atoms with E-state index < -0.39 is 11.5 Å². The number of aromatic nitrogens is 1. The van der Waals surface area contributed by atoms with E-state index in [2.05, 4.69) is 47.0 Å². The van der Waals surface area contributed by atoms with Crippen molar-refractivity contribution in [2.24, 2.45) is 5.92 Å². The molecule has 1 aromatic carbocycles. The average Bonchev–Trinajstić information content (AvgIpc) is 2.91. The van der Waals surface area contributed by atoms with Crippen LogP contribution in [0.2, 0.25) is 0 Å². The first kappa shape index (κ1) is 21.4. The Morgan fingerprint density at radius 3 is 2.66 bits per heavy atom. The van der Waals surface area contributed by atoms with Crippen LogP contribution in [0, 0.1) is 12.8 Å². The van der Waals surface area contributed by atoms with Crippen LogP contribution in [-0.4, -0.2) is 47.6 Å². The first-order valence-electron chi connectivity index (χ1n) is 10.3. The summed E-state index contributed by atoms with van der Waals surface area (Å²) in [5.41, 5.74) is 4.41. The number of nitrogens with one attached hydrogen (secondary N) is 1. The molecule has 1 aliphatic heterocycles. The molecular formula is C23H33N3O3. The molecule has 0 fully saturated rings. The van der Waals surface area contributed by atoms with Crippen molar-refractivity contribution in [3.63, 3.8) is 0 Å². The molecule has 1 amide bonds. The molecule has 1 aromatic heterocycles. The maximum atomic E-state index is 12.6. The molecule has 158 valence electrons. The molecule has 1 unspecified atom stereocenters. The molecule has 3 rings (SSSR count). The van der Waals surface area contributed by atoms with Gasteiger partial charge in [0, 0.05) is 49.7 Å². The summed E-state index contributed by atoms with van der Waals surface area (Å²) in [7, 11) is 3.75. The molecule has 0 spiro atoms. The average molecular weight is 400 g/mol. The summed E-state index contributed by atoms with van der Waals surface area (Å²) in [5, 5.41) is 3.97. The van der Waals surface area contributed by atoms with Crippen molar-refractivity contribution in [2.45, 2.75) is 59.2 Å². The van der Waals surface area contributed by atoms with E-state index in [1.54, 1.807) is 7.05 Å². The van der Waals surface area contributed by atoms with Gasteiger partial charge in [0.2, 0.25) is 5.91 Å². The number of fused-ring (bicyclic) bond motifs is 3. The quantitative estimate of drug-likeness (QED) is 0.785. The maximum Gasteiger partial charge on any atom is 0.307 e. The SMILES string of the molecule is CNC(=O)C(CC(=O)OC(C)(C)C)Cn1c2c(c3cc(C)ccc31)CN(C)CC2. The topological polar surface area (TPSA) is 63.6 Å². The molecule has 1 atom stereocenters. The standard InChI is InChI=1S/C23H33N3O3/c1-15-7-8-19-17(11-15)18-14-25(6)10-9-20(18)26(19)13-16(22(28)24-5)12-21(27)29-23(2,3)4/h7-8,11,16H,9-10,12-14H2,1-6H3,(H,24,28). The summed E-state index contributed by atoms with van der Waals surface area (Å²) >= 11 is 0. The zero-order valence-corrected chi connectivity index (χ0v) is 18.5. The third-order valence-electron chi connectivity index (χ3n) is 5.45. The molecule has 1 N–H and O–H groups in total. The van der Waals surface area contributed by atoms with E-state index in [9.17, 15) is 9.59 Å². The normalized spacial score (nSPS) is 15.8. The fourth-order valence-corrected chi connectivity index (χ4v) is 4.16. The lowest BCUT2D eigenvalue weighted by Gasteiger charge is -2.26. The van der Waals surface area contributed by atoms with Crippen LogP contribution in [0.1, 0.15) is 44.0 Å². The van der Waals surface area contributed by atoms with E-state index in [1.807, 2.05) is 20.8 Å². The number of likely N-dealkylation sites (N-methyl/N-ethyl adjacent to an activating group) is 1. The van der Waals surface area contributed by atoms with Gasteiger partial charge in [-0.1, -0.05) is 11.6 Å². The van der Waals surface area contributed by atoms with Crippen molar-refractivity contribution >= 4 is 22.8 Å². The molecule has 6 heteroatoms. The van der Waals surface area contributed by atoms with Gasteiger partial charge in [-0.25, -0.2) is 0 Å². The predicted molar refractivity (Wildman–Crippen MR) is 115 cm³/mol. The largest absolute Gasteiger partial charge is 0.460 e. The molecule has 0 saturated carbocycles. The van der Waals surface area contributed by atoms with E-state index >= 15 is 0 Å². The number of hydrogen-bond donors (Lipinski definition) is 1. The van der Waals surface area contributed by atoms with Crippen molar-refractivity contribution in [2.75, 3.05) is 20.6 Å². The lowest BCUT2D eigenvalue weighted by Crippen LogP contribution is -2.35. The van der Waals surface area contributed by atoms with Gasteiger partial charge in [-0.05, 0) is 52.4 Å². The second-order valence-corrected chi connectivity index (χ2v) is 9.15. The van der Waals surface area contributed by atoms with Gasteiger partial charge in [0.25, 0.3) is 0 Å². The van der Waals surface area contributed by atoms with E-state index in [1.165, 1.54) is 22.2 Å². The molecule has 2 heterocycles. The van der Waals surface area contributed by atoms with Gasteiger partial charge >= 0.3 is 5.97 Å². The lowest BCUT2D eigenvalue weighted by molar-refractivity contribution is -0.157. The molecule has 29 heavy (non-hydrogen) atoms. The number of esters is 1. The van der Waals surface area contributed by atoms with Gasteiger partial charge in [-0.2, -0.15) is 0 Å². The molecule has 0 radical (unpaired) electrons. The van der Waals surface area contributed by atoms with Gasteiger partial charge in [-0.3, -0.25) is 9.59 Å². The molecule has 1 aliphatic rings. The van der Waals surface area contributed by atoms with Crippen LogP contribution in [0.15, 0.2) is 18.2 Å². The Kier molecular flexibility index (Phi) is 6.03. The monoisotopic (exact) mass is 399 g/mol. The molecule has 2 aromatic rings. The summed E-state index contributed by atoms with van der Waals surface area (Å²) in [6.45, 7) is 9.98. The van der Waals surface area contributed by atoms with Crippen LogP contribution in [0.5, 0.6) is 0 Å². The first-order valence-corrected chi connectivity index (χ1v) is 10.3. The number of ether oxygens (including phenoxy) is 1. The number of nitrogens with zero attached hydrogens (tertiary/aromatic N) is 2. The van der Waals surface area contributed by atoms with Crippen LogP contribution in [0.4, 0.5) is 0 Å². The van der Waals surface area contributed by atoms with E-state index in [-0.39, 0.29) is 18.3 Å². The number of aryl methyl sites for hydroxylation is 1. The Morgan fingerprint density at radius 2 is 2.00 bits per heavy atom. The van der Waals surface area contributed by atoms with Crippen LogP contribution in [-0.2, 0) is 33.8 Å². The van der Waals surface area contributed by atoms with Crippen LogP contribution >= 0.6 is 0 Å². The van der Waals surface area contributed by atoms with Crippen molar-refractivity contribution in [3.8, 4) is 0 Å². The molecule has 0 bridgehead atoms. The minimum Gasteiger partial charge on any atom is -0.460 e. The fourth-order valence-electron chi connectivity index (χ4n) is 4.16. The van der Waals surface area contributed by atoms with Gasteiger partial charge in [-0.15, -0.1) is 0 Å². The first-order chi connectivity index (χ1) is 13.6. The van der Waals surface area contributed by atoms with Crippen LogP contribution in [0.3, 0.4) is 0 Å². The third kappa shape index (κ3) is 4.81. The van der Waals surface area contributed by atoms with Gasteiger partial charge in [0.1, 0.15) is 5.60 Å². The molecule has 6 nitrogen and oxygen atoms in total. The highest BCUT2D eigenvalue weighted by Gasteiger charge is 2.29. The Labute approximate surface area is 173 Å². The molecule has 0 saturated heterocycles. The Morgan fingerprint density at radius 1 is 1.28 bits per heavy atom. The lowest BCUT2D eigenvalue weighted by atomic mass is 10.0. The minimum atomic E-state index is -0.564. The van der Waals surface area contributed by atoms with E-state index in [4.69, 9.17) is 4.74 Å². The van der Waals surface area contributed by atoms with Gasteiger partial charge in [0.05, 0.1) is 12.3 Å². The number of carbonyl (C=O) groups excluding carboxylic acids is 2. The van der Waals surface area contributed by atoms with E-state index in [0.717, 1.165) is 25.0 Å². The number of amides is 1. The zero-order chi connectivity index (χ0) is 21.3. The van der Waals surface area contributed by atoms with E-state index in [0.29, 0.717) is 6.54 Å². The second-order valence-electron chi connectivity index (χ2n) is 9.15. The number of benzene rings is 1. The van der Waals surface area contributed by atoms with Gasteiger partial charge < -0.3 is 19.5 Å². The van der Waals surface area contributed by atoms with Crippen molar-refractivity contribution in [3.05, 3.63) is 35.0 Å². The second kappa shape index (κ2) is 8.19. The van der Waals surface area contributed by atoms with Crippen LogP contribution < -0.4 is 5.32 Å². The Hall–Kier alpha value is -2.34. The summed E-state index contributed by atoms with van der Waals surface area (Å²) in [6.07, 6.45) is 1.00. The zero-order valence-electron chi connectivity index (χ0n) is 18.5. The summed E-state index contributed by atoms with van der Waals surface area (Å²) < 4.78 is 7.73. The van der Waals surface area contributed by atoms with Crippen molar-refractivity contribution in [1.29, 1.82) is 0 Å². The number of carbonyl (C=O) groups is 2. The summed E-state index contributed by atoms with van der Waals surface area (Å²) in [4.78, 5) is 27.4. The highest BCUT2D eigenvalue weighted by atomic mass is 16.6. The third-order valence-corrected chi connectivity index (χ3v) is 5.45. The number of hydrogen-bond acceptors (Lipinski definition) is 4. The Bertz CT molecular complexity index is 924. The fraction of sp³-hybridized carbons (Fsp3) is 0.565. The summed E-state index contributed by atoms with van der Waals surface area (Å²) in [6, 6.07) is 6.47. The predicted octanol–water partition coefficient (Wildman–Crippen LogP) is 3.03. The maximum absolute atomic E-state index is 12.6. The van der Waals surface area contributed by atoms with Crippen molar-refractivity contribution in [1.82, 2.24) is 14.8 Å². The highest BCUT2D eigenvalue weighted by molar-refractivity contribution is 5.87. The smallest absolute Gasteiger partial charge is 0.307 e. The number of rotatable bonds is 5. The molecular weight excluding hydrogens is 366 g/mol. The minimum absolute atomic E-state index is 0.0666.